The Labute approximate surface area is 136 Å². The Bertz CT molecular complexity index is 655. The maximum atomic E-state index is 12.2. The molecule has 1 atom stereocenters. The van der Waals surface area contributed by atoms with Crippen molar-refractivity contribution in [2.24, 2.45) is 0 Å². The van der Waals surface area contributed by atoms with Gasteiger partial charge in [0, 0.05) is 0 Å². The average molecular weight is 335 g/mol. The van der Waals surface area contributed by atoms with Gasteiger partial charge in [-0.2, -0.15) is 0 Å². The number of carboxylic acid groups (broad SMARTS) is 1. The molecule has 114 valence electrons. The Balaban J connectivity index is 2.16. The van der Waals surface area contributed by atoms with E-state index in [9.17, 15) is 9.59 Å². The number of thiocarbonyl (C=S) groups is 1. The van der Waals surface area contributed by atoms with Crippen LogP contribution in [0.25, 0.3) is 6.08 Å². The van der Waals surface area contributed by atoms with Crippen LogP contribution in [0, 0.1) is 0 Å². The number of carboxylic acids is 1. The molecule has 1 aromatic rings. The summed E-state index contributed by atoms with van der Waals surface area (Å²) in [5.41, 5.74) is 0.980. The van der Waals surface area contributed by atoms with Crippen molar-refractivity contribution in [3.63, 3.8) is 0 Å². The summed E-state index contributed by atoms with van der Waals surface area (Å²) in [5.74, 6) is -1.80. The Kier molecular flexibility index (Phi) is 5.48. The van der Waals surface area contributed by atoms with Crippen LogP contribution in [0.4, 0.5) is 0 Å². The number of hydrogen-bond donors (Lipinski definition) is 2. The first kappa shape index (κ1) is 16.4. The third-order valence-electron chi connectivity index (χ3n) is 2.93. The van der Waals surface area contributed by atoms with Gasteiger partial charge in [-0.3, -0.25) is 9.69 Å². The summed E-state index contributed by atoms with van der Waals surface area (Å²) in [7, 11) is 0. The zero-order valence-electron chi connectivity index (χ0n) is 11.4. The molecule has 0 saturated carbocycles. The van der Waals surface area contributed by atoms with Crippen molar-refractivity contribution < 1.29 is 19.8 Å². The van der Waals surface area contributed by atoms with Gasteiger partial charge in [0.15, 0.2) is 6.04 Å². The summed E-state index contributed by atoms with van der Waals surface area (Å²) < 4.78 is 0.130. The first-order valence-electron chi connectivity index (χ1n) is 6.37. The summed E-state index contributed by atoms with van der Waals surface area (Å²) in [6.45, 7) is -0.686. The molecule has 0 aromatic heterocycles. The molecule has 0 aliphatic carbocycles. The van der Waals surface area contributed by atoms with Crippen molar-refractivity contribution in [1.82, 2.24) is 4.90 Å². The molecule has 1 aromatic carbocycles. The van der Waals surface area contributed by atoms with Crippen molar-refractivity contribution in [3.8, 4) is 0 Å². The van der Waals surface area contributed by atoms with Crippen LogP contribution in [0.3, 0.4) is 0 Å². The van der Waals surface area contributed by atoms with Crippen LogP contribution in [0.5, 0.6) is 0 Å². The lowest BCUT2D eigenvalue weighted by Crippen LogP contribution is -2.46. The largest absolute Gasteiger partial charge is 0.480 e. The highest BCUT2D eigenvalue weighted by Crippen LogP contribution is 2.32. The van der Waals surface area contributed by atoms with E-state index in [-0.39, 0.29) is 4.32 Å². The maximum Gasteiger partial charge on any atom is 0.329 e. The van der Waals surface area contributed by atoms with Crippen LogP contribution < -0.4 is 0 Å². The first-order chi connectivity index (χ1) is 10.5. The average Bonchev–Trinajstić information content (AvgIpc) is 2.77. The number of allylic oxidation sites excluding steroid dienone is 2. The van der Waals surface area contributed by atoms with Crippen LogP contribution in [-0.4, -0.2) is 44.0 Å². The van der Waals surface area contributed by atoms with Crippen LogP contribution in [-0.2, 0) is 9.59 Å². The number of hydrogen-bond acceptors (Lipinski definition) is 5. The fraction of sp³-hybridized carbons (Fsp3) is 0.133. The second-order valence-corrected chi connectivity index (χ2v) is 6.06. The van der Waals surface area contributed by atoms with Gasteiger partial charge in [-0.05, 0) is 11.6 Å². The van der Waals surface area contributed by atoms with Gasteiger partial charge in [0.25, 0.3) is 5.91 Å². The van der Waals surface area contributed by atoms with Gasteiger partial charge in [-0.25, -0.2) is 4.79 Å². The number of aliphatic carboxylic acids is 1. The van der Waals surface area contributed by atoms with E-state index in [4.69, 9.17) is 22.4 Å². The van der Waals surface area contributed by atoms with Gasteiger partial charge in [0.2, 0.25) is 0 Å². The summed E-state index contributed by atoms with van der Waals surface area (Å²) in [4.78, 5) is 24.5. The standard InChI is InChI=1S/C15H13NO4S2/c17-9-11(14(19)20)16-13(18)12(22-15(16)21)8-4-7-10-5-2-1-3-6-10/h1-8,11,17H,9H2,(H,19,20)/b7-4+,12-8-/t11-/m0/s1. The normalized spacial score (nSPS) is 18.4. The molecule has 1 aliphatic rings. The molecular weight excluding hydrogens is 322 g/mol. The number of rotatable bonds is 5. The monoisotopic (exact) mass is 335 g/mol. The lowest BCUT2D eigenvalue weighted by atomic mass is 10.2. The molecule has 1 amide bonds. The number of thioether (sulfide) groups is 1. The molecule has 1 fully saturated rings. The van der Waals surface area contributed by atoms with Crippen LogP contribution in [0.2, 0.25) is 0 Å². The number of benzene rings is 1. The van der Waals surface area contributed by atoms with E-state index in [0.717, 1.165) is 22.2 Å². The maximum absolute atomic E-state index is 12.2. The minimum Gasteiger partial charge on any atom is -0.480 e. The Morgan fingerprint density at radius 3 is 2.64 bits per heavy atom. The van der Waals surface area contributed by atoms with E-state index in [1.54, 1.807) is 12.2 Å². The lowest BCUT2D eigenvalue weighted by molar-refractivity contribution is -0.146. The molecular formula is C15H13NO4S2. The van der Waals surface area contributed by atoms with E-state index in [1.807, 2.05) is 36.4 Å². The van der Waals surface area contributed by atoms with Gasteiger partial charge < -0.3 is 10.2 Å². The molecule has 0 unspecified atom stereocenters. The quantitative estimate of drug-likeness (QED) is 0.632. The number of aliphatic hydroxyl groups is 1. The molecule has 7 heteroatoms. The molecule has 1 aliphatic heterocycles. The zero-order chi connectivity index (χ0) is 16.1. The first-order valence-corrected chi connectivity index (χ1v) is 7.59. The van der Waals surface area contributed by atoms with Crippen molar-refractivity contribution in [2.45, 2.75) is 6.04 Å². The predicted molar refractivity (Wildman–Crippen MR) is 89.1 cm³/mol. The predicted octanol–water partition coefficient (Wildman–Crippen LogP) is 1.89. The molecule has 2 N–H and O–H groups in total. The van der Waals surface area contributed by atoms with Crippen molar-refractivity contribution in [1.29, 1.82) is 0 Å². The van der Waals surface area contributed by atoms with Gasteiger partial charge in [0.05, 0.1) is 11.5 Å². The topological polar surface area (TPSA) is 77.8 Å². The summed E-state index contributed by atoms with van der Waals surface area (Å²) in [5, 5.41) is 18.2. The van der Waals surface area contributed by atoms with E-state index in [0.29, 0.717) is 4.91 Å². The minimum atomic E-state index is -1.35. The number of amides is 1. The van der Waals surface area contributed by atoms with E-state index in [1.165, 1.54) is 0 Å². The van der Waals surface area contributed by atoms with Gasteiger partial charge in [-0.1, -0.05) is 66.5 Å². The molecule has 0 radical (unpaired) electrons. The van der Waals surface area contributed by atoms with E-state index >= 15 is 0 Å². The summed E-state index contributed by atoms with van der Waals surface area (Å²) >= 11 is 6.05. The fourth-order valence-electron chi connectivity index (χ4n) is 1.84. The molecule has 22 heavy (non-hydrogen) atoms. The zero-order valence-corrected chi connectivity index (χ0v) is 13.0. The third kappa shape index (κ3) is 3.62. The number of aliphatic hydroxyl groups excluding tert-OH is 1. The summed E-state index contributed by atoms with van der Waals surface area (Å²) in [6, 6.07) is 8.19. The summed E-state index contributed by atoms with van der Waals surface area (Å²) in [6.07, 6.45) is 5.12. The van der Waals surface area contributed by atoms with Crippen LogP contribution in [0.15, 0.2) is 47.4 Å². The second-order valence-electron chi connectivity index (χ2n) is 4.38. The van der Waals surface area contributed by atoms with Crippen LogP contribution in [0.1, 0.15) is 5.56 Å². The smallest absolute Gasteiger partial charge is 0.329 e. The molecule has 1 saturated heterocycles. The fourth-order valence-corrected chi connectivity index (χ4v) is 3.15. The Morgan fingerprint density at radius 1 is 1.36 bits per heavy atom. The Morgan fingerprint density at radius 2 is 2.05 bits per heavy atom. The Hall–Kier alpha value is -1.96. The molecule has 0 spiro atoms. The van der Waals surface area contributed by atoms with Gasteiger partial charge in [-0.15, -0.1) is 0 Å². The van der Waals surface area contributed by atoms with E-state index in [2.05, 4.69) is 0 Å². The van der Waals surface area contributed by atoms with Gasteiger partial charge in [0.1, 0.15) is 4.32 Å². The highest BCUT2D eigenvalue weighted by atomic mass is 32.2. The van der Waals surface area contributed by atoms with Crippen LogP contribution >= 0.6 is 24.0 Å². The minimum absolute atomic E-state index is 0.130. The SMILES string of the molecule is O=C(O)[C@H](CO)N1C(=O)/C(=C/C=C/c2ccccc2)SC1=S. The molecule has 1 heterocycles. The third-order valence-corrected chi connectivity index (χ3v) is 4.28. The number of carbonyl (C=O) groups excluding carboxylic acids is 1. The highest BCUT2D eigenvalue weighted by molar-refractivity contribution is 8.26. The second kappa shape index (κ2) is 7.35. The van der Waals surface area contributed by atoms with Crippen molar-refractivity contribution >= 4 is 46.3 Å². The number of carbonyl (C=O) groups is 2. The molecule has 0 bridgehead atoms. The van der Waals surface area contributed by atoms with Crippen molar-refractivity contribution in [2.75, 3.05) is 6.61 Å². The number of nitrogens with zero attached hydrogens (tertiary/aromatic N) is 1. The lowest BCUT2D eigenvalue weighted by Gasteiger charge is -2.20. The van der Waals surface area contributed by atoms with Gasteiger partial charge >= 0.3 is 5.97 Å². The van der Waals surface area contributed by atoms with E-state index < -0.39 is 24.5 Å². The highest BCUT2D eigenvalue weighted by Gasteiger charge is 2.39. The molecule has 2 rings (SSSR count). The van der Waals surface area contributed by atoms with Crippen molar-refractivity contribution in [3.05, 3.63) is 53.0 Å². The molecule has 5 nitrogen and oxygen atoms in total.